The summed E-state index contributed by atoms with van der Waals surface area (Å²) in [6, 6.07) is 15.7. The highest BCUT2D eigenvalue weighted by molar-refractivity contribution is 6.01. The fourth-order valence-electron chi connectivity index (χ4n) is 3.67. The van der Waals surface area contributed by atoms with Crippen molar-refractivity contribution in [2.24, 2.45) is 0 Å². The van der Waals surface area contributed by atoms with E-state index in [0.29, 0.717) is 42.0 Å². The van der Waals surface area contributed by atoms with Gasteiger partial charge in [0.25, 0.3) is 11.8 Å². The molecule has 1 aromatic heterocycles. The summed E-state index contributed by atoms with van der Waals surface area (Å²) in [5, 5.41) is 6.33. The topological polar surface area (TPSA) is 91.8 Å². The predicted octanol–water partition coefficient (Wildman–Crippen LogP) is 3.11. The molecule has 8 heteroatoms. The largest absolute Gasteiger partial charge is 0.496 e. The number of nitrogens with zero attached hydrogens (tertiary/aromatic N) is 3. The Bertz CT molecular complexity index is 1180. The van der Waals surface area contributed by atoms with Crippen molar-refractivity contribution in [3.63, 3.8) is 0 Å². The van der Waals surface area contributed by atoms with Gasteiger partial charge in [-0.2, -0.15) is 0 Å². The van der Waals surface area contributed by atoms with E-state index >= 15 is 0 Å². The number of hydrazine groups is 1. The number of amides is 3. The molecule has 0 spiro atoms. The summed E-state index contributed by atoms with van der Waals surface area (Å²) in [6.07, 6.45) is 0.660. The first-order valence-corrected chi connectivity index (χ1v) is 9.93. The normalized spacial score (nSPS) is 13.4. The van der Waals surface area contributed by atoms with E-state index in [2.05, 4.69) is 10.3 Å². The quantitative estimate of drug-likeness (QED) is 0.703. The number of benzene rings is 2. The smallest absolute Gasteiger partial charge is 0.291 e. The number of carbonyl (C=O) groups is 3. The van der Waals surface area contributed by atoms with Crippen LogP contribution < -0.4 is 10.1 Å². The summed E-state index contributed by atoms with van der Waals surface area (Å²) < 4.78 is 5.44. The van der Waals surface area contributed by atoms with Crippen LogP contribution in [-0.4, -0.2) is 52.9 Å². The molecule has 0 bridgehead atoms. The van der Waals surface area contributed by atoms with E-state index in [1.165, 1.54) is 16.9 Å². The molecule has 0 unspecified atom stereocenters. The van der Waals surface area contributed by atoms with Gasteiger partial charge in [0.1, 0.15) is 11.4 Å². The van der Waals surface area contributed by atoms with Crippen LogP contribution in [0.15, 0.2) is 54.6 Å². The molecule has 4 rings (SSSR count). The average Bonchev–Trinajstić information content (AvgIpc) is 3.27. The third-order valence-corrected chi connectivity index (χ3v) is 5.05. The molecule has 1 fully saturated rings. The van der Waals surface area contributed by atoms with Crippen molar-refractivity contribution in [3.05, 3.63) is 65.9 Å². The summed E-state index contributed by atoms with van der Waals surface area (Å²) in [5.74, 6) is -0.355. The lowest BCUT2D eigenvalue weighted by Crippen LogP contribution is -2.45. The summed E-state index contributed by atoms with van der Waals surface area (Å²) in [7, 11) is 1.55. The Morgan fingerprint density at radius 2 is 1.71 bits per heavy atom. The van der Waals surface area contributed by atoms with Gasteiger partial charge in [0, 0.05) is 42.7 Å². The molecule has 1 N–H and O–H groups in total. The number of aromatic nitrogens is 1. The van der Waals surface area contributed by atoms with E-state index in [0.717, 1.165) is 5.39 Å². The number of fused-ring (bicyclic) bond motifs is 1. The molecule has 2 heterocycles. The van der Waals surface area contributed by atoms with Gasteiger partial charge >= 0.3 is 0 Å². The molecule has 0 saturated carbocycles. The Kier molecular flexibility index (Phi) is 5.53. The third-order valence-electron chi connectivity index (χ3n) is 5.05. The minimum atomic E-state index is -0.368. The van der Waals surface area contributed by atoms with Gasteiger partial charge in [-0.25, -0.2) is 15.0 Å². The van der Waals surface area contributed by atoms with E-state index in [4.69, 9.17) is 4.74 Å². The van der Waals surface area contributed by atoms with Crippen LogP contribution in [0.3, 0.4) is 0 Å². The highest BCUT2D eigenvalue weighted by Gasteiger charge is 2.33. The van der Waals surface area contributed by atoms with Crippen LogP contribution in [0, 0.1) is 0 Å². The predicted molar refractivity (Wildman–Crippen MR) is 116 cm³/mol. The van der Waals surface area contributed by atoms with Crippen LogP contribution in [0.2, 0.25) is 0 Å². The summed E-state index contributed by atoms with van der Waals surface area (Å²) >= 11 is 0. The maximum Gasteiger partial charge on any atom is 0.291 e. The first-order valence-electron chi connectivity index (χ1n) is 9.93. The second-order valence-corrected chi connectivity index (χ2v) is 7.20. The number of anilines is 1. The van der Waals surface area contributed by atoms with Gasteiger partial charge in [-0.15, -0.1) is 0 Å². The Morgan fingerprint density at radius 3 is 2.45 bits per heavy atom. The van der Waals surface area contributed by atoms with Crippen LogP contribution in [0.4, 0.5) is 5.69 Å². The molecular formula is C23H22N4O4. The molecule has 3 amide bonds. The zero-order valence-corrected chi connectivity index (χ0v) is 17.3. The molecule has 1 aliphatic rings. The van der Waals surface area contributed by atoms with Crippen LogP contribution >= 0.6 is 0 Å². The average molecular weight is 418 g/mol. The molecule has 0 aliphatic carbocycles. The van der Waals surface area contributed by atoms with Crippen LogP contribution in [0.25, 0.3) is 10.9 Å². The zero-order valence-electron chi connectivity index (χ0n) is 17.3. The van der Waals surface area contributed by atoms with E-state index in [1.807, 2.05) is 24.3 Å². The van der Waals surface area contributed by atoms with Crippen LogP contribution in [-0.2, 0) is 4.79 Å². The highest BCUT2D eigenvalue weighted by atomic mass is 16.5. The first-order chi connectivity index (χ1) is 15.0. The van der Waals surface area contributed by atoms with Crippen molar-refractivity contribution in [1.29, 1.82) is 0 Å². The van der Waals surface area contributed by atoms with Gasteiger partial charge in [0.15, 0.2) is 0 Å². The van der Waals surface area contributed by atoms with Crippen molar-refractivity contribution in [3.8, 4) is 5.75 Å². The number of rotatable bonds is 4. The lowest BCUT2D eigenvalue weighted by molar-refractivity contribution is -0.114. The molecule has 158 valence electrons. The van der Waals surface area contributed by atoms with Gasteiger partial charge in [-0.1, -0.05) is 18.2 Å². The second-order valence-electron chi connectivity index (χ2n) is 7.20. The van der Waals surface area contributed by atoms with Crippen molar-refractivity contribution in [1.82, 2.24) is 15.0 Å². The summed E-state index contributed by atoms with van der Waals surface area (Å²) in [5.41, 5.74) is 1.76. The molecule has 1 aliphatic heterocycles. The number of carbonyl (C=O) groups excluding carboxylic acids is 3. The minimum absolute atomic E-state index is 0.210. The molecule has 2 aromatic carbocycles. The Morgan fingerprint density at radius 1 is 0.968 bits per heavy atom. The van der Waals surface area contributed by atoms with Crippen molar-refractivity contribution >= 4 is 34.3 Å². The lowest BCUT2D eigenvalue weighted by Gasteiger charge is -2.28. The van der Waals surface area contributed by atoms with E-state index in [-0.39, 0.29) is 23.4 Å². The number of pyridine rings is 1. The van der Waals surface area contributed by atoms with Crippen LogP contribution in [0.5, 0.6) is 5.75 Å². The van der Waals surface area contributed by atoms with Gasteiger partial charge < -0.3 is 10.1 Å². The number of para-hydroxylation sites is 1. The first kappa shape index (κ1) is 20.3. The zero-order chi connectivity index (χ0) is 22.0. The number of ether oxygens (including phenoxy) is 1. The van der Waals surface area contributed by atoms with Crippen molar-refractivity contribution in [2.45, 2.75) is 13.3 Å². The number of nitrogens with one attached hydrogen (secondary N) is 1. The van der Waals surface area contributed by atoms with E-state index < -0.39 is 0 Å². The Hall–Kier alpha value is -3.94. The standard InChI is InChI=1S/C23H22N4O4/c1-15(28)24-17-8-5-7-16(13-17)22(29)26-11-6-12-27(26)23(30)20-14-21(31-2)18-9-3-4-10-19(18)25-20/h3-5,7-10,13-14H,6,11-12H2,1-2H3,(H,24,28). The van der Waals surface area contributed by atoms with Crippen molar-refractivity contribution in [2.75, 3.05) is 25.5 Å². The van der Waals surface area contributed by atoms with E-state index in [1.54, 1.807) is 37.4 Å². The maximum absolute atomic E-state index is 13.3. The lowest BCUT2D eigenvalue weighted by atomic mass is 10.1. The fraction of sp³-hybridized carbons (Fsp3) is 0.217. The third kappa shape index (κ3) is 4.05. The number of hydrogen-bond acceptors (Lipinski definition) is 5. The number of methoxy groups -OCH3 is 1. The van der Waals surface area contributed by atoms with Gasteiger partial charge in [-0.05, 0) is 36.8 Å². The SMILES string of the molecule is COc1cc(C(=O)N2CCCN2C(=O)c2cccc(NC(C)=O)c2)nc2ccccc12. The molecule has 31 heavy (non-hydrogen) atoms. The molecular weight excluding hydrogens is 396 g/mol. The summed E-state index contributed by atoms with van der Waals surface area (Å²) in [6.45, 7) is 2.23. The van der Waals surface area contributed by atoms with E-state index in [9.17, 15) is 14.4 Å². The summed E-state index contributed by atoms with van der Waals surface area (Å²) in [4.78, 5) is 42.2. The Labute approximate surface area is 179 Å². The fourth-order valence-corrected chi connectivity index (χ4v) is 3.67. The maximum atomic E-state index is 13.3. The second kappa shape index (κ2) is 8.43. The minimum Gasteiger partial charge on any atom is -0.496 e. The van der Waals surface area contributed by atoms with Gasteiger partial charge in [0.2, 0.25) is 5.91 Å². The molecule has 0 atom stereocenters. The van der Waals surface area contributed by atoms with Gasteiger partial charge in [0.05, 0.1) is 12.6 Å². The number of hydrogen-bond donors (Lipinski definition) is 1. The highest BCUT2D eigenvalue weighted by Crippen LogP contribution is 2.27. The van der Waals surface area contributed by atoms with Crippen LogP contribution in [0.1, 0.15) is 34.2 Å². The Balaban J connectivity index is 1.63. The van der Waals surface area contributed by atoms with Gasteiger partial charge in [-0.3, -0.25) is 14.4 Å². The molecule has 1 saturated heterocycles. The molecule has 0 radical (unpaired) electrons. The molecule has 3 aromatic rings. The molecule has 8 nitrogen and oxygen atoms in total. The van der Waals surface area contributed by atoms with Crippen molar-refractivity contribution < 1.29 is 19.1 Å². The monoisotopic (exact) mass is 418 g/mol.